The molecule has 0 fully saturated rings. The molecule has 0 heterocycles. The molecule has 160 valence electrons. The molecule has 4 heteroatoms. The minimum absolute atomic E-state index is 0.209. The Bertz CT molecular complexity index is 589. The third-order valence-electron chi connectivity index (χ3n) is 5.15. The van der Waals surface area contributed by atoms with Crippen LogP contribution < -0.4 is 0 Å². The Balaban J connectivity index is 4.98. The van der Waals surface area contributed by atoms with Gasteiger partial charge in [-0.3, -0.25) is 0 Å². The van der Waals surface area contributed by atoms with Crippen molar-refractivity contribution in [3.8, 4) is 0 Å². The molecule has 0 spiro atoms. The van der Waals surface area contributed by atoms with Gasteiger partial charge in [-0.15, -0.1) is 0 Å². The summed E-state index contributed by atoms with van der Waals surface area (Å²) in [6.45, 7) is 22.5. The zero-order valence-corrected chi connectivity index (χ0v) is 20.7. The van der Waals surface area contributed by atoms with E-state index >= 15 is 0 Å². The van der Waals surface area contributed by atoms with E-state index in [0.29, 0.717) is 18.4 Å². The van der Waals surface area contributed by atoms with Gasteiger partial charge in [-0.05, 0) is 43.8 Å². The maximum Gasteiger partial charge on any atom is 0.330 e. The summed E-state index contributed by atoms with van der Waals surface area (Å²) in [5.41, 5.74) is 1.20. The smallest absolute Gasteiger partial charge is 0.330 e. The van der Waals surface area contributed by atoms with E-state index in [9.17, 15) is 4.79 Å². The van der Waals surface area contributed by atoms with Crippen LogP contribution in [0.4, 0.5) is 0 Å². The second kappa shape index (κ2) is 12.2. The molecule has 0 saturated heterocycles. The van der Waals surface area contributed by atoms with Gasteiger partial charge in [0.05, 0.1) is 12.7 Å². The second-order valence-electron chi connectivity index (χ2n) is 9.21. The Morgan fingerprint density at radius 2 is 1.54 bits per heavy atom. The Labute approximate surface area is 174 Å². The fourth-order valence-corrected chi connectivity index (χ4v) is 4.11. The number of ether oxygens (including phenoxy) is 1. The monoisotopic (exact) mass is 406 g/mol. The van der Waals surface area contributed by atoms with Crippen LogP contribution in [0.25, 0.3) is 0 Å². The van der Waals surface area contributed by atoms with Crippen molar-refractivity contribution in [3.63, 3.8) is 0 Å². The van der Waals surface area contributed by atoms with Crippen molar-refractivity contribution in [2.75, 3.05) is 6.61 Å². The number of rotatable bonds is 10. The maximum atomic E-state index is 11.2. The minimum atomic E-state index is -1.80. The van der Waals surface area contributed by atoms with Crippen molar-refractivity contribution in [1.82, 2.24) is 0 Å². The summed E-state index contributed by atoms with van der Waals surface area (Å²) < 4.78 is 11.6. The molecule has 0 radical (unpaired) electrons. The van der Waals surface area contributed by atoms with E-state index in [4.69, 9.17) is 9.16 Å². The fraction of sp³-hybridized carbons (Fsp3) is 0.625. The largest absolute Gasteiger partial charge is 0.463 e. The first kappa shape index (κ1) is 26.6. The Hall–Kier alpha value is -1.39. The highest BCUT2D eigenvalue weighted by atomic mass is 28.4. The molecule has 0 aromatic rings. The van der Waals surface area contributed by atoms with Gasteiger partial charge in [-0.25, -0.2) is 4.79 Å². The molecular formula is C24H42O3Si. The van der Waals surface area contributed by atoms with E-state index in [2.05, 4.69) is 73.7 Å². The Kier molecular flexibility index (Phi) is 11.6. The lowest BCUT2D eigenvalue weighted by molar-refractivity contribution is -0.137. The molecule has 3 nitrogen and oxygen atoms in total. The minimum Gasteiger partial charge on any atom is -0.463 e. The van der Waals surface area contributed by atoms with E-state index in [0.717, 1.165) is 0 Å². The molecular weight excluding hydrogens is 364 g/mol. The second-order valence-corrected chi connectivity index (χ2v) is 14.0. The lowest BCUT2D eigenvalue weighted by Crippen LogP contribution is -2.46. The number of hydrogen-bond acceptors (Lipinski definition) is 3. The predicted molar refractivity (Wildman–Crippen MR) is 124 cm³/mol. The summed E-state index contributed by atoms with van der Waals surface area (Å²) in [6.07, 6.45) is 13.4. The first-order valence-corrected chi connectivity index (χ1v) is 13.3. The van der Waals surface area contributed by atoms with Crippen LogP contribution in [0.15, 0.2) is 48.1 Å². The van der Waals surface area contributed by atoms with Gasteiger partial charge in [0, 0.05) is 6.08 Å². The highest BCUT2D eigenvalue weighted by Gasteiger charge is 2.40. The molecule has 0 aromatic heterocycles. The number of esters is 1. The van der Waals surface area contributed by atoms with Crippen molar-refractivity contribution in [3.05, 3.63) is 48.1 Å². The normalized spacial score (nSPS) is 16.5. The van der Waals surface area contributed by atoms with Gasteiger partial charge >= 0.3 is 5.97 Å². The molecule has 2 atom stereocenters. The fourth-order valence-electron chi connectivity index (χ4n) is 2.59. The van der Waals surface area contributed by atoms with Gasteiger partial charge in [0.15, 0.2) is 8.32 Å². The number of allylic oxidation sites excluding steroid dienone is 6. The average molecular weight is 407 g/mol. The maximum absolute atomic E-state index is 11.2. The van der Waals surface area contributed by atoms with Gasteiger partial charge in [-0.1, -0.05) is 83.6 Å². The SMILES string of the molecule is CCOC(=O)/C=C/C=C/C=C/C(C)=C/[C@@H](C)[C@@H](O[Si](C)(C)C(C)(C)C)C(C)C. The van der Waals surface area contributed by atoms with E-state index in [1.165, 1.54) is 11.6 Å². The van der Waals surface area contributed by atoms with Gasteiger partial charge in [0.25, 0.3) is 0 Å². The molecule has 0 aliphatic carbocycles. The van der Waals surface area contributed by atoms with Crippen molar-refractivity contribution >= 4 is 14.3 Å². The van der Waals surface area contributed by atoms with Crippen LogP contribution in [0.1, 0.15) is 55.4 Å². The summed E-state index contributed by atoms with van der Waals surface area (Å²) in [6, 6.07) is 0. The molecule has 0 bridgehead atoms. The van der Waals surface area contributed by atoms with Gasteiger partial charge in [0.2, 0.25) is 0 Å². The lowest BCUT2D eigenvalue weighted by Gasteiger charge is -2.42. The van der Waals surface area contributed by atoms with Crippen LogP contribution in [0, 0.1) is 11.8 Å². The molecule has 0 aliphatic heterocycles. The van der Waals surface area contributed by atoms with Crippen LogP contribution >= 0.6 is 0 Å². The zero-order chi connectivity index (χ0) is 22.0. The standard InChI is InChI=1S/C24H42O3Si/c1-11-26-22(25)17-15-13-12-14-16-20(4)18-21(5)23(19(2)3)27-28(9,10)24(6,7)8/h12-19,21,23H,11H2,1-10H3/b13-12+,16-14+,17-15+,20-18+/t21-,23+/m1/s1. The quantitative estimate of drug-likeness (QED) is 0.172. The van der Waals surface area contributed by atoms with E-state index in [1.807, 2.05) is 18.2 Å². The summed E-state index contributed by atoms with van der Waals surface area (Å²) >= 11 is 0. The molecule has 28 heavy (non-hydrogen) atoms. The molecule has 0 unspecified atom stereocenters. The van der Waals surface area contributed by atoms with Crippen LogP contribution in [0.5, 0.6) is 0 Å². The Morgan fingerprint density at radius 3 is 2.00 bits per heavy atom. The molecule has 0 saturated carbocycles. The third-order valence-corrected chi connectivity index (χ3v) is 9.62. The van der Waals surface area contributed by atoms with Gasteiger partial charge in [0.1, 0.15) is 0 Å². The first-order chi connectivity index (χ1) is 12.8. The summed E-state index contributed by atoms with van der Waals surface area (Å²) in [7, 11) is -1.80. The van der Waals surface area contributed by atoms with E-state index < -0.39 is 8.32 Å². The van der Waals surface area contributed by atoms with Crippen molar-refractivity contribution < 1.29 is 14.0 Å². The average Bonchev–Trinajstić information content (AvgIpc) is 2.54. The predicted octanol–water partition coefficient (Wildman–Crippen LogP) is 6.85. The molecule has 0 N–H and O–H groups in total. The van der Waals surface area contributed by atoms with Crippen LogP contribution in [0.3, 0.4) is 0 Å². The zero-order valence-electron chi connectivity index (χ0n) is 19.7. The highest BCUT2D eigenvalue weighted by molar-refractivity contribution is 6.74. The third kappa shape index (κ3) is 10.2. The van der Waals surface area contributed by atoms with Crippen molar-refractivity contribution in [2.24, 2.45) is 11.8 Å². The van der Waals surface area contributed by atoms with Crippen LogP contribution in [-0.4, -0.2) is 27.0 Å². The lowest BCUT2D eigenvalue weighted by atomic mass is 9.93. The molecule has 0 amide bonds. The summed E-state index contributed by atoms with van der Waals surface area (Å²) in [4.78, 5) is 11.2. The molecule has 0 rings (SSSR count). The number of carbonyl (C=O) groups is 1. The Morgan fingerprint density at radius 1 is 1.00 bits per heavy atom. The van der Waals surface area contributed by atoms with Crippen LogP contribution in [-0.2, 0) is 14.0 Å². The topological polar surface area (TPSA) is 35.5 Å². The van der Waals surface area contributed by atoms with Crippen LogP contribution in [0.2, 0.25) is 18.1 Å². The number of hydrogen-bond donors (Lipinski definition) is 0. The summed E-state index contributed by atoms with van der Waals surface area (Å²) in [5.74, 6) is 0.485. The van der Waals surface area contributed by atoms with Gasteiger partial charge in [-0.2, -0.15) is 0 Å². The summed E-state index contributed by atoms with van der Waals surface area (Å²) in [5, 5.41) is 0.209. The van der Waals surface area contributed by atoms with Crippen molar-refractivity contribution in [1.29, 1.82) is 0 Å². The molecule has 0 aromatic carbocycles. The number of carbonyl (C=O) groups excluding carboxylic acids is 1. The van der Waals surface area contributed by atoms with Gasteiger partial charge < -0.3 is 9.16 Å². The highest BCUT2D eigenvalue weighted by Crippen LogP contribution is 2.39. The first-order valence-electron chi connectivity index (χ1n) is 10.4. The van der Waals surface area contributed by atoms with Crippen molar-refractivity contribution in [2.45, 2.75) is 79.6 Å². The van der Waals surface area contributed by atoms with E-state index in [1.54, 1.807) is 13.0 Å². The van der Waals surface area contributed by atoms with E-state index in [-0.39, 0.29) is 17.1 Å². The molecule has 0 aliphatic rings.